The van der Waals surface area contributed by atoms with Gasteiger partial charge in [-0.1, -0.05) is 24.6 Å². The molecular formula is C18H24ClF3O3. The monoisotopic (exact) mass is 380 g/mol. The molecule has 142 valence electrons. The molecule has 0 spiro atoms. The van der Waals surface area contributed by atoms with E-state index in [0.717, 1.165) is 42.2 Å². The number of phenolic OH excluding ortho intramolecular Hbond substituents is 1. The SMILES string of the molecule is CCc1cc(O)cc(C)c1OCCCCOCC/C=C(\Cl)C(F)(F)F. The molecule has 0 fully saturated rings. The summed E-state index contributed by atoms with van der Waals surface area (Å²) < 4.78 is 47.5. The molecule has 0 aliphatic carbocycles. The molecule has 0 saturated carbocycles. The van der Waals surface area contributed by atoms with Crippen LogP contribution in [0.25, 0.3) is 0 Å². The van der Waals surface area contributed by atoms with E-state index < -0.39 is 11.2 Å². The zero-order valence-corrected chi connectivity index (χ0v) is 15.2. The first-order valence-electron chi connectivity index (χ1n) is 8.21. The van der Waals surface area contributed by atoms with Crippen LogP contribution in [0.4, 0.5) is 13.2 Å². The number of unbranched alkanes of at least 4 members (excludes halogenated alkanes) is 1. The van der Waals surface area contributed by atoms with Gasteiger partial charge in [-0.05, 0) is 55.9 Å². The van der Waals surface area contributed by atoms with Gasteiger partial charge in [0.05, 0.1) is 13.2 Å². The van der Waals surface area contributed by atoms with Crippen molar-refractivity contribution in [3.8, 4) is 11.5 Å². The van der Waals surface area contributed by atoms with Gasteiger partial charge in [0.15, 0.2) is 0 Å². The number of ether oxygens (including phenoxy) is 2. The van der Waals surface area contributed by atoms with Gasteiger partial charge in [-0.2, -0.15) is 13.2 Å². The third-order valence-corrected chi connectivity index (χ3v) is 3.87. The number of phenols is 1. The second kappa shape index (κ2) is 10.6. The molecule has 1 aromatic rings. The fourth-order valence-corrected chi connectivity index (χ4v) is 2.37. The van der Waals surface area contributed by atoms with Crippen LogP contribution in [0, 0.1) is 6.92 Å². The Morgan fingerprint density at radius 2 is 1.88 bits per heavy atom. The summed E-state index contributed by atoms with van der Waals surface area (Å²) in [7, 11) is 0. The van der Waals surface area contributed by atoms with Gasteiger partial charge in [0.25, 0.3) is 0 Å². The molecule has 0 amide bonds. The zero-order chi connectivity index (χ0) is 18.9. The second-order valence-corrected chi connectivity index (χ2v) is 6.02. The van der Waals surface area contributed by atoms with Gasteiger partial charge >= 0.3 is 6.18 Å². The Morgan fingerprint density at radius 1 is 1.20 bits per heavy atom. The number of halogens is 4. The van der Waals surface area contributed by atoms with Crippen molar-refractivity contribution in [2.24, 2.45) is 0 Å². The van der Waals surface area contributed by atoms with E-state index in [1.165, 1.54) is 0 Å². The van der Waals surface area contributed by atoms with Crippen LogP contribution in [0.3, 0.4) is 0 Å². The zero-order valence-electron chi connectivity index (χ0n) is 14.5. The van der Waals surface area contributed by atoms with Gasteiger partial charge in [0, 0.05) is 6.61 Å². The molecule has 0 radical (unpaired) electrons. The Bertz CT molecular complexity index is 571. The summed E-state index contributed by atoms with van der Waals surface area (Å²) in [6.07, 6.45) is -1.16. The van der Waals surface area contributed by atoms with Gasteiger partial charge in [-0.3, -0.25) is 0 Å². The molecule has 1 N–H and O–H groups in total. The van der Waals surface area contributed by atoms with E-state index in [9.17, 15) is 18.3 Å². The number of benzene rings is 1. The van der Waals surface area contributed by atoms with Crippen LogP contribution in [0.5, 0.6) is 11.5 Å². The third-order valence-electron chi connectivity index (χ3n) is 3.50. The Kier molecular flexibility index (Phi) is 9.14. The number of aromatic hydroxyl groups is 1. The van der Waals surface area contributed by atoms with Gasteiger partial charge in [0.1, 0.15) is 16.5 Å². The van der Waals surface area contributed by atoms with Crippen LogP contribution in [0.15, 0.2) is 23.2 Å². The minimum absolute atomic E-state index is 0.126. The highest BCUT2D eigenvalue weighted by atomic mass is 35.5. The van der Waals surface area contributed by atoms with Crippen molar-refractivity contribution < 1.29 is 27.8 Å². The smallest absolute Gasteiger partial charge is 0.426 e. The van der Waals surface area contributed by atoms with Crippen molar-refractivity contribution in [3.05, 3.63) is 34.4 Å². The molecule has 1 rings (SSSR count). The van der Waals surface area contributed by atoms with Crippen molar-refractivity contribution in [1.82, 2.24) is 0 Å². The van der Waals surface area contributed by atoms with Crippen molar-refractivity contribution >= 4 is 11.6 Å². The van der Waals surface area contributed by atoms with Crippen molar-refractivity contribution in [3.63, 3.8) is 0 Å². The fraction of sp³-hybridized carbons (Fsp3) is 0.556. The highest BCUT2D eigenvalue weighted by Gasteiger charge is 2.31. The van der Waals surface area contributed by atoms with Gasteiger partial charge in [0.2, 0.25) is 0 Å². The molecule has 0 atom stereocenters. The van der Waals surface area contributed by atoms with E-state index in [2.05, 4.69) is 0 Å². The highest BCUT2D eigenvalue weighted by molar-refractivity contribution is 6.30. The molecule has 0 aliphatic heterocycles. The van der Waals surface area contributed by atoms with Crippen LogP contribution in [0.1, 0.15) is 37.3 Å². The maximum Gasteiger partial charge on any atom is 0.426 e. The minimum atomic E-state index is -4.48. The van der Waals surface area contributed by atoms with E-state index >= 15 is 0 Å². The number of alkyl halides is 3. The Hall–Kier alpha value is -1.40. The molecule has 0 bridgehead atoms. The summed E-state index contributed by atoms with van der Waals surface area (Å²) in [6, 6.07) is 3.36. The van der Waals surface area contributed by atoms with Crippen LogP contribution in [-0.2, 0) is 11.2 Å². The highest BCUT2D eigenvalue weighted by Crippen LogP contribution is 2.29. The van der Waals surface area contributed by atoms with Crippen LogP contribution in [0.2, 0.25) is 0 Å². The molecule has 0 saturated heterocycles. The molecule has 1 aromatic carbocycles. The lowest BCUT2D eigenvalue weighted by Crippen LogP contribution is -2.07. The average molecular weight is 381 g/mol. The number of rotatable bonds is 10. The molecular weight excluding hydrogens is 357 g/mol. The predicted molar refractivity (Wildman–Crippen MR) is 92.4 cm³/mol. The lowest BCUT2D eigenvalue weighted by molar-refractivity contribution is -0.0848. The largest absolute Gasteiger partial charge is 0.508 e. The van der Waals surface area contributed by atoms with E-state index in [1.54, 1.807) is 12.1 Å². The fourth-order valence-electron chi connectivity index (χ4n) is 2.26. The first-order valence-corrected chi connectivity index (χ1v) is 8.59. The van der Waals surface area contributed by atoms with E-state index in [4.69, 9.17) is 21.1 Å². The van der Waals surface area contributed by atoms with Crippen molar-refractivity contribution in [2.45, 2.75) is 45.7 Å². The van der Waals surface area contributed by atoms with Gasteiger partial charge in [-0.15, -0.1) is 0 Å². The molecule has 0 aromatic heterocycles. The van der Waals surface area contributed by atoms with E-state index in [-0.39, 0.29) is 18.8 Å². The maximum atomic E-state index is 12.1. The Labute approximate surface area is 151 Å². The number of hydrogen-bond acceptors (Lipinski definition) is 3. The summed E-state index contributed by atoms with van der Waals surface area (Å²) in [6.45, 7) is 5.05. The molecule has 0 aliphatic rings. The molecule has 7 heteroatoms. The molecule has 0 unspecified atom stereocenters. The van der Waals surface area contributed by atoms with Gasteiger partial charge in [-0.25, -0.2) is 0 Å². The standard InChI is InChI=1S/C18H24ClF3O3/c1-3-14-12-15(23)11-13(2)17(14)25-10-5-4-8-24-9-6-7-16(19)18(20,21)22/h7,11-12,23H,3-6,8-10H2,1-2H3/b16-7-. The summed E-state index contributed by atoms with van der Waals surface area (Å²) in [5, 5.41) is 8.48. The minimum Gasteiger partial charge on any atom is -0.508 e. The first kappa shape index (κ1) is 21.6. The molecule has 0 heterocycles. The molecule has 25 heavy (non-hydrogen) atoms. The number of hydrogen-bond donors (Lipinski definition) is 1. The molecule has 3 nitrogen and oxygen atoms in total. The maximum absolute atomic E-state index is 12.1. The van der Waals surface area contributed by atoms with Crippen LogP contribution < -0.4 is 4.74 Å². The van der Waals surface area contributed by atoms with E-state index in [1.807, 2.05) is 13.8 Å². The first-order chi connectivity index (χ1) is 11.8. The lowest BCUT2D eigenvalue weighted by Gasteiger charge is -2.14. The lowest BCUT2D eigenvalue weighted by atomic mass is 10.1. The Balaban J connectivity index is 2.20. The van der Waals surface area contributed by atoms with Crippen molar-refractivity contribution in [2.75, 3.05) is 19.8 Å². The van der Waals surface area contributed by atoms with E-state index in [0.29, 0.717) is 13.2 Å². The second-order valence-electron chi connectivity index (χ2n) is 5.61. The predicted octanol–water partition coefficient (Wildman–Crippen LogP) is 5.51. The third kappa shape index (κ3) is 8.01. The summed E-state index contributed by atoms with van der Waals surface area (Å²) in [5.74, 6) is 1.03. The summed E-state index contributed by atoms with van der Waals surface area (Å²) >= 11 is 5.09. The van der Waals surface area contributed by atoms with Crippen LogP contribution in [-0.4, -0.2) is 31.1 Å². The average Bonchev–Trinajstić information content (AvgIpc) is 2.53. The summed E-state index contributed by atoms with van der Waals surface area (Å²) in [5.41, 5.74) is 1.85. The van der Waals surface area contributed by atoms with Crippen molar-refractivity contribution in [1.29, 1.82) is 0 Å². The summed E-state index contributed by atoms with van der Waals surface area (Å²) in [4.78, 5) is 0. The number of allylic oxidation sites excluding steroid dienone is 1. The van der Waals surface area contributed by atoms with Crippen LogP contribution >= 0.6 is 11.6 Å². The normalized spacial score (nSPS) is 12.5. The van der Waals surface area contributed by atoms with Gasteiger partial charge < -0.3 is 14.6 Å². The number of aryl methyl sites for hydroxylation is 2. The Morgan fingerprint density at radius 3 is 2.52 bits per heavy atom. The quantitative estimate of drug-likeness (QED) is 0.543. The topological polar surface area (TPSA) is 38.7 Å².